The highest BCUT2D eigenvalue weighted by molar-refractivity contribution is 7.18. The third kappa shape index (κ3) is 8.50. The number of primary amides is 1. The Morgan fingerprint density at radius 3 is 2.42 bits per heavy atom. The predicted molar refractivity (Wildman–Crippen MR) is 195 cm³/mol. The number of nitrogens with two attached hydrogens (primary N) is 1. The Kier molecular flexibility index (Phi) is 12.1. The number of halogens is 3. The lowest BCUT2D eigenvalue weighted by atomic mass is 9.86. The zero-order valence-electron chi connectivity index (χ0n) is 27.6. The summed E-state index contributed by atoms with van der Waals surface area (Å²) in [7, 11) is 0. The van der Waals surface area contributed by atoms with E-state index in [4.69, 9.17) is 43.1 Å². The number of carbonyl (C=O) groups is 2. The topological polar surface area (TPSA) is 103 Å². The van der Waals surface area contributed by atoms with Crippen molar-refractivity contribution in [1.82, 2.24) is 10.2 Å². The number of benzene rings is 3. The molecule has 1 atom stereocenters. The minimum Gasteiger partial charge on any atom is -0.491 e. The number of thiophene rings is 1. The molecule has 2 saturated heterocycles. The van der Waals surface area contributed by atoms with E-state index in [1.165, 1.54) is 23.5 Å². The van der Waals surface area contributed by atoms with Crippen LogP contribution < -0.4 is 15.8 Å². The maximum Gasteiger partial charge on any atom is 0.267 e. The number of rotatable bonds is 13. The zero-order chi connectivity index (χ0) is 35.1. The van der Waals surface area contributed by atoms with Crippen molar-refractivity contribution in [2.24, 2.45) is 5.73 Å². The molecular formula is C38H40Cl2FN3O5S. The molecule has 0 aliphatic carbocycles. The molecule has 0 radical (unpaired) electrons. The number of likely N-dealkylation sites (tertiary alicyclic amines) is 1. The van der Waals surface area contributed by atoms with Gasteiger partial charge < -0.3 is 24.8 Å². The number of ether oxygens (including phenoxy) is 3. The normalized spacial score (nSPS) is 17.4. The molecule has 6 rings (SSSR count). The molecule has 4 aromatic rings. The number of carbonyl (C=O) groups excluding carboxylic acids is 2. The van der Waals surface area contributed by atoms with Crippen LogP contribution >= 0.6 is 34.5 Å². The Balaban J connectivity index is 1.27. The van der Waals surface area contributed by atoms with Crippen molar-refractivity contribution in [3.63, 3.8) is 0 Å². The molecule has 0 spiro atoms. The van der Waals surface area contributed by atoms with Crippen molar-refractivity contribution in [3.05, 3.63) is 99.1 Å². The smallest absolute Gasteiger partial charge is 0.267 e. The van der Waals surface area contributed by atoms with E-state index in [9.17, 15) is 14.0 Å². The van der Waals surface area contributed by atoms with Gasteiger partial charge in [0, 0.05) is 58.7 Å². The summed E-state index contributed by atoms with van der Waals surface area (Å²) >= 11 is 14.4. The lowest BCUT2D eigenvalue weighted by molar-refractivity contribution is -0.163. The van der Waals surface area contributed by atoms with Gasteiger partial charge in [0.2, 0.25) is 5.91 Å². The summed E-state index contributed by atoms with van der Waals surface area (Å²) in [4.78, 5) is 30.2. The van der Waals surface area contributed by atoms with Crippen LogP contribution in [0.1, 0.15) is 53.8 Å². The second-order valence-corrected chi connectivity index (χ2v) is 14.4. The molecule has 12 heteroatoms. The highest BCUT2D eigenvalue weighted by Gasteiger charge is 2.41. The SMILES string of the molecule is NC(=O)C1(NCc2ccc(F)cc2)CCN(C(=O)c2sc(-c3ccccc3Cl)c(-c3ccc(Cl)cc3)c2OCCCOC2CCCCO2)CC1. The molecule has 0 saturated carbocycles. The van der Waals surface area contributed by atoms with Gasteiger partial charge in [-0.3, -0.25) is 14.9 Å². The predicted octanol–water partition coefficient (Wildman–Crippen LogP) is 8.09. The van der Waals surface area contributed by atoms with Crippen LogP contribution in [0, 0.1) is 5.82 Å². The molecule has 3 N–H and O–H groups in total. The molecule has 3 heterocycles. The van der Waals surface area contributed by atoms with Gasteiger partial charge in [0.25, 0.3) is 5.91 Å². The second-order valence-electron chi connectivity index (χ2n) is 12.5. The van der Waals surface area contributed by atoms with Crippen LogP contribution in [0.15, 0.2) is 72.8 Å². The van der Waals surface area contributed by atoms with Gasteiger partial charge >= 0.3 is 0 Å². The molecule has 2 aliphatic rings. The van der Waals surface area contributed by atoms with Gasteiger partial charge in [-0.2, -0.15) is 0 Å². The third-order valence-electron chi connectivity index (χ3n) is 9.21. The van der Waals surface area contributed by atoms with Crippen LogP contribution in [-0.4, -0.2) is 61.5 Å². The molecule has 8 nitrogen and oxygen atoms in total. The van der Waals surface area contributed by atoms with E-state index in [0.717, 1.165) is 46.4 Å². The van der Waals surface area contributed by atoms with Crippen molar-refractivity contribution >= 4 is 46.4 Å². The molecule has 2 fully saturated rings. The first-order valence-corrected chi connectivity index (χ1v) is 18.4. The van der Waals surface area contributed by atoms with E-state index in [1.807, 2.05) is 36.4 Å². The number of hydrogen-bond donors (Lipinski definition) is 2. The summed E-state index contributed by atoms with van der Waals surface area (Å²) in [5, 5.41) is 4.44. The minimum atomic E-state index is -1.01. The monoisotopic (exact) mass is 739 g/mol. The fourth-order valence-corrected chi connectivity index (χ4v) is 8.00. The summed E-state index contributed by atoms with van der Waals surface area (Å²) < 4.78 is 31.6. The van der Waals surface area contributed by atoms with Crippen molar-refractivity contribution in [2.75, 3.05) is 32.9 Å². The van der Waals surface area contributed by atoms with E-state index in [1.54, 1.807) is 29.2 Å². The van der Waals surface area contributed by atoms with Crippen molar-refractivity contribution in [1.29, 1.82) is 0 Å². The molecule has 1 unspecified atom stereocenters. The summed E-state index contributed by atoms with van der Waals surface area (Å²) in [5.41, 5.74) is 8.10. The van der Waals surface area contributed by atoms with E-state index < -0.39 is 11.4 Å². The summed E-state index contributed by atoms with van der Waals surface area (Å²) in [6.45, 7) is 2.40. The van der Waals surface area contributed by atoms with E-state index in [0.29, 0.717) is 79.4 Å². The lowest BCUT2D eigenvalue weighted by Gasteiger charge is -2.40. The van der Waals surface area contributed by atoms with Gasteiger partial charge in [-0.05, 0) is 73.6 Å². The van der Waals surface area contributed by atoms with Crippen LogP contribution in [0.2, 0.25) is 10.0 Å². The molecule has 3 aromatic carbocycles. The Morgan fingerprint density at radius 1 is 1.00 bits per heavy atom. The largest absolute Gasteiger partial charge is 0.491 e. The van der Waals surface area contributed by atoms with Crippen LogP contribution in [0.25, 0.3) is 21.6 Å². The summed E-state index contributed by atoms with van der Waals surface area (Å²) in [5.74, 6) is -0.561. The quantitative estimate of drug-likeness (QED) is 0.134. The van der Waals surface area contributed by atoms with Crippen LogP contribution in [0.3, 0.4) is 0 Å². The number of amides is 2. The van der Waals surface area contributed by atoms with Gasteiger partial charge in [-0.1, -0.05) is 65.7 Å². The fraction of sp³-hybridized carbons (Fsp3) is 0.368. The summed E-state index contributed by atoms with van der Waals surface area (Å²) in [6, 6.07) is 21.0. The Morgan fingerprint density at radius 2 is 1.74 bits per heavy atom. The molecule has 1 aromatic heterocycles. The lowest BCUT2D eigenvalue weighted by Crippen LogP contribution is -2.61. The first-order valence-electron chi connectivity index (χ1n) is 16.9. The fourth-order valence-electron chi connectivity index (χ4n) is 6.32. The molecule has 2 aliphatic heterocycles. The first-order chi connectivity index (χ1) is 24.2. The molecular weight excluding hydrogens is 700 g/mol. The Hall–Kier alpha value is -3.51. The maximum absolute atomic E-state index is 14.5. The van der Waals surface area contributed by atoms with Crippen molar-refractivity contribution in [2.45, 2.75) is 56.9 Å². The third-order valence-corrected chi connectivity index (χ3v) is 11.0. The number of piperidine rings is 1. The molecule has 0 bridgehead atoms. The number of hydrogen-bond acceptors (Lipinski definition) is 7. The Bertz CT molecular complexity index is 1770. The van der Waals surface area contributed by atoms with Gasteiger partial charge in [-0.15, -0.1) is 11.3 Å². The number of nitrogens with zero attached hydrogens (tertiary/aromatic N) is 1. The average Bonchev–Trinajstić information content (AvgIpc) is 3.51. The first kappa shape index (κ1) is 36.3. The van der Waals surface area contributed by atoms with Gasteiger partial charge in [0.05, 0.1) is 13.2 Å². The highest BCUT2D eigenvalue weighted by atomic mass is 35.5. The van der Waals surface area contributed by atoms with Gasteiger partial charge in [0.1, 0.15) is 16.2 Å². The minimum absolute atomic E-state index is 0.199. The zero-order valence-corrected chi connectivity index (χ0v) is 29.9. The second kappa shape index (κ2) is 16.7. The van der Waals surface area contributed by atoms with E-state index >= 15 is 0 Å². The van der Waals surface area contributed by atoms with Gasteiger partial charge in [-0.25, -0.2) is 4.39 Å². The number of nitrogens with one attached hydrogen (secondary N) is 1. The van der Waals surface area contributed by atoms with Crippen LogP contribution in [0.5, 0.6) is 5.75 Å². The van der Waals surface area contributed by atoms with Crippen LogP contribution in [-0.2, 0) is 20.8 Å². The van der Waals surface area contributed by atoms with Gasteiger partial charge in [0.15, 0.2) is 12.0 Å². The van der Waals surface area contributed by atoms with E-state index in [2.05, 4.69) is 5.32 Å². The van der Waals surface area contributed by atoms with E-state index in [-0.39, 0.29) is 18.0 Å². The Labute approximate surface area is 305 Å². The summed E-state index contributed by atoms with van der Waals surface area (Å²) in [6.07, 6.45) is 4.04. The highest BCUT2D eigenvalue weighted by Crippen LogP contribution is 2.50. The maximum atomic E-state index is 14.5. The molecule has 2 amide bonds. The molecule has 264 valence electrons. The average molecular weight is 741 g/mol. The standard InChI is InChI=1S/C38H40Cl2FN3O5S/c39-27-13-11-26(12-14-27)32-33(49-23-5-22-48-31-8-3-4-21-47-31)35(50-34(32)29-6-1-2-7-30(29)40)36(45)44-19-17-38(18-20-44,37(42)46)43-24-25-9-15-28(41)16-10-25/h1-2,6-7,9-16,31,43H,3-5,8,17-24H2,(H2,42,46). The van der Waals surface area contributed by atoms with Crippen molar-refractivity contribution in [3.8, 4) is 27.3 Å². The van der Waals surface area contributed by atoms with Crippen LogP contribution in [0.4, 0.5) is 4.39 Å². The molecule has 50 heavy (non-hydrogen) atoms. The van der Waals surface area contributed by atoms with Crippen molar-refractivity contribution < 1.29 is 28.2 Å².